The molecular weight excluding hydrogens is 272 g/mol. The van der Waals surface area contributed by atoms with Gasteiger partial charge in [0.15, 0.2) is 0 Å². The quantitative estimate of drug-likeness (QED) is 0.731. The van der Waals surface area contributed by atoms with Crippen molar-refractivity contribution in [3.05, 3.63) is 41.7 Å². The molecule has 4 nitrogen and oxygen atoms in total. The fourth-order valence-electron chi connectivity index (χ4n) is 2.61. The van der Waals surface area contributed by atoms with Gasteiger partial charge in [0.2, 0.25) is 0 Å². The number of rotatable bonds is 2. The molecule has 0 radical (unpaired) electrons. The molecule has 2 N–H and O–H groups in total. The lowest BCUT2D eigenvalue weighted by molar-refractivity contribution is 0.775. The normalized spacial score (nSPS) is 14.8. The predicted octanol–water partition coefficient (Wildman–Crippen LogP) is 3.67. The lowest BCUT2D eigenvalue weighted by Gasteiger charge is -2.11. The Bertz CT molecular complexity index is 784. The summed E-state index contributed by atoms with van der Waals surface area (Å²) in [5.74, 6) is 0.846. The van der Waals surface area contributed by atoms with Gasteiger partial charge in [0.25, 0.3) is 0 Å². The summed E-state index contributed by atoms with van der Waals surface area (Å²) in [5.41, 5.74) is 9.56. The standard InChI is InChI=1S/C15H13ClN4/c16-10-2-1-3-11(17)14(10)15-19-12-8-18-7-6-13(12)20(15)9-4-5-9/h1-3,6-9H,4-5,17H2. The zero-order chi connectivity index (χ0) is 13.7. The molecule has 1 aliphatic rings. The third-order valence-corrected chi connectivity index (χ3v) is 3.99. The average molecular weight is 285 g/mol. The maximum atomic E-state index is 6.34. The van der Waals surface area contributed by atoms with Crippen molar-refractivity contribution in [1.82, 2.24) is 14.5 Å². The summed E-state index contributed by atoms with van der Waals surface area (Å²) < 4.78 is 2.24. The van der Waals surface area contributed by atoms with E-state index in [4.69, 9.17) is 22.3 Å². The highest BCUT2D eigenvalue weighted by atomic mass is 35.5. The van der Waals surface area contributed by atoms with Crippen LogP contribution in [-0.4, -0.2) is 14.5 Å². The first-order chi connectivity index (χ1) is 9.75. The Morgan fingerprint density at radius 2 is 2.10 bits per heavy atom. The number of anilines is 1. The molecule has 1 aliphatic carbocycles. The van der Waals surface area contributed by atoms with E-state index in [0.717, 1.165) is 22.4 Å². The topological polar surface area (TPSA) is 56.7 Å². The minimum atomic E-state index is 0.494. The summed E-state index contributed by atoms with van der Waals surface area (Å²) in [5, 5.41) is 0.634. The number of nitrogen functional groups attached to an aromatic ring is 1. The van der Waals surface area contributed by atoms with Gasteiger partial charge in [0.05, 0.1) is 22.3 Å². The van der Waals surface area contributed by atoms with Gasteiger partial charge in [-0.2, -0.15) is 0 Å². The first-order valence-electron chi connectivity index (χ1n) is 6.62. The summed E-state index contributed by atoms with van der Waals surface area (Å²) in [6.07, 6.45) is 5.92. The molecule has 1 fully saturated rings. The average Bonchev–Trinajstić information content (AvgIpc) is 3.19. The third-order valence-electron chi connectivity index (χ3n) is 3.67. The summed E-state index contributed by atoms with van der Waals surface area (Å²) in [4.78, 5) is 8.85. The van der Waals surface area contributed by atoms with Crippen LogP contribution < -0.4 is 5.73 Å². The number of hydrogen-bond acceptors (Lipinski definition) is 3. The lowest BCUT2D eigenvalue weighted by atomic mass is 10.1. The Kier molecular flexibility index (Phi) is 2.47. The van der Waals surface area contributed by atoms with Gasteiger partial charge in [-0.3, -0.25) is 4.98 Å². The fraction of sp³-hybridized carbons (Fsp3) is 0.200. The molecule has 0 saturated heterocycles. The number of pyridine rings is 1. The summed E-state index contributed by atoms with van der Waals surface area (Å²) in [6, 6.07) is 8.05. The van der Waals surface area contributed by atoms with Crippen LogP contribution in [0.5, 0.6) is 0 Å². The van der Waals surface area contributed by atoms with Gasteiger partial charge in [0, 0.05) is 17.9 Å². The van der Waals surface area contributed by atoms with Gasteiger partial charge in [0.1, 0.15) is 11.3 Å². The molecule has 2 aromatic heterocycles. The van der Waals surface area contributed by atoms with Crippen LogP contribution in [0.15, 0.2) is 36.7 Å². The molecule has 0 atom stereocenters. The first-order valence-corrected chi connectivity index (χ1v) is 7.00. The minimum absolute atomic E-state index is 0.494. The van der Waals surface area contributed by atoms with Crippen molar-refractivity contribution >= 4 is 28.3 Å². The van der Waals surface area contributed by atoms with Gasteiger partial charge >= 0.3 is 0 Å². The van der Waals surface area contributed by atoms with Crippen molar-refractivity contribution in [2.24, 2.45) is 0 Å². The Hall–Kier alpha value is -2.07. The molecule has 0 unspecified atom stereocenters. The van der Waals surface area contributed by atoms with E-state index in [1.165, 1.54) is 12.8 Å². The highest BCUT2D eigenvalue weighted by Gasteiger charge is 2.29. The van der Waals surface area contributed by atoms with Crippen LogP contribution in [0.3, 0.4) is 0 Å². The van der Waals surface area contributed by atoms with Crippen LogP contribution in [0, 0.1) is 0 Å². The SMILES string of the molecule is Nc1cccc(Cl)c1-c1nc2cnccc2n1C1CC1. The zero-order valence-corrected chi connectivity index (χ0v) is 11.5. The number of halogens is 1. The van der Waals surface area contributed by atoms with Crippen LogP contribution in [0.25, 0.3) is 22.4 Å². The molecule has 3 aromatic rings. The monoisotopic (exact) mass is 284 g/mol. The number of hydrogen-bond donors (Lipinski definition) is 1. The smallest absolute Gasteiger partial charge is 0.145 e. The molecule has 4 rings (SSSR count). The van der Waals surface area contributed by atoms with Gasteiger partial charge in [-0.1, -0.05) is 17.7 Å². The van der Waals surface area contributed by atoms with Gasteiger partial charge in [-0.05, 0) is 31.0 Å². The number of fused-ring (bicyclic) bond motifs is 1. The van der Waals surface area contributed by atoms with Crippen LogP contribution in [0.2, 0.25) is 5.02 Å². The van der Waals surface area contributed by atoms with E-state index in [-0.39, 0.29) is 0 Å². The molecule has 0 aliphatic heterocycles. The van der Waals surface area contributed by atoms with E-state index in [0.29, 0.717) is 16.8 Å². The molecule has 0 spiro atoms. The molecule has 1 saturated carbocycles. The van der Waals surface area contributed by atoms with Crippen LogP contribution in [0.4, 0.5) is 5.69 Å². The second-order valence-electron chi connectivity index (χ2n) is 5.11. The predicted molar refractivity (Wildman–Crippen MR) is 80.7 cm³/mol. The Morgan fingerprint density at radius 3 is 2.85 bits per heavy atom. The summed E-state index contributed by atoms with van der Waals surface area (Å²) in [6.45, 7) is 0. The van der Waals surface area contributed by atoms with Crippen molar-refractivity contribution in [2.75, 3.05) is 5.73 Å². The molecule has 0 bridgehead atoms. The lowest BCUT2D eigenvalue weighted by Crippen LogP contribution is -2.00. The highest BCUT2D eigenvalue weighted by molar-refractivity contribution is 6.33. The van der Waals surface area contributed by atoms with E-state index in [1.807, 2.05) is 24.3 Å². The van der Waals surface area contributed by atoms with Crippen LogP contribution in [0.1, 0.15) is 18.9 Å². The van der Waals surface area contributed by atoms with Crippen molar-refractivity contribution in [2.45, 2.75) is 18.9 Å². The summed E-state index contributed by atoms with van der Waals surface area (Å²) in [7, 11) is 0. The van der Waals surface area contributed by atoms with Crippen molar-refractivity contribution in [3.63, 3.8) is 0 Å². The number of benzene rings is 1. The van der Waals surface area contributed by atoms with Crippen molar-refractivity contribution < 1.29 is 0 Å². The van der Waals surface area contributed by atoms with Gasteiger partial charge in [-0.25, -0.2) is 4.98 Å². The highest BCUT2D eigenvalue weighted by Crippen LogP contribution is 2.43. The number of aromatic nitrogens is 3. The van der Waals surface area contributed by atoms with E-state index < -0.39 is 0 Å². The molecule has 100 valence electrons. The maximum Gasteiger partial charge on any atom is 0.145 e. The minimum Gasteiger partial charge on any atom is -0.398 e. The molecule has 0 amide bonds. The van der Waals surface area contributed by atoms with Crippen molar-refractivity contribution in [1.29, 1.82) is 0 Å². The third kappa shape index (κ3) is 1.68. The van der Waals surface area contributed by atoms with Gasteiger partial charge in [-0.15, -0.1) is 0 Å². The number of nitrogens with zero attached hydrogens (tertiary/aromatic N) is 3. The summed E-state index contributed by atoms with van der Waals surface area (Å²) >= 11 is 6.34. The molecule has 1 aromatic carbocycles. The fourth-order valence-corrected chi connectivity index (χ4v) is 2.87. The second kappa shape index (κ2) is 4.21. The van der Waals surface area contributed by atoms with Crippen LogP contribution in [-0.2, 0) is 0 Å². The molecule has 20 heavy (non-hydrogen) atoms. The number of nitrogens with two attached hydrogens (primary N) is 1. The zero-order valence-electron chi connectivity index (χ0n) is 10.8. The molecule has 2 heterocycles. The van der Waals surface area contributed by atoms with E-state index >= 15 is 0 Å². The van der Waals surface area contributed by atoms with Crippen molar-refractivity contribution in [3.8, 4) is 11.4 Å². The van der Waals surface area contributed by atoms with Crippen LogP contribution >= 0.6 is 11.6 Å². The number of imidazole rings is 1. The molecular formula is C15H13ClN4. The largest absolute Gasteiger partial charge is 0.398 e. The Labute approximate surface area is 121 Å². The maximum absolute atomic E-state index is 6.34. The first kappa shape index (κ1) is 11.7. The Balaban J connectivity index is 2.07. The van der Waals surface area contributed by atoms with Gasteiger partial charge < -0.3 is 10.3 Å². The second-order valence-corrected chi connectivity index (χ2v) is 5.51. The van der Waals surface area contributed by atoms with E-state index in [2.05, 4.69) is 9.55 Å². The van der Waals surface area contributed by atoms with E-state index in [1.54, 1.807) is 12.4 Å². The molecule has 5 heteroatoms. The Morgan fingerprint density at radius 1 is 1.25 bits per heavy atom. The van der Waals surface area contributed by atoms with E-state index in [9.17, 15) is 0 Å².